The highest BCUT2D eigenvalue weighted by atomic mass is 79.9. The van der Waals surface area contributed by atoms with E-state index < -0.39 is 0 Å². The Balaban J connectivity index is 2.66. The zero-order valence-electron chi connectivity index (χ0n) is 8.13. The summed E-state index contributed by atoms with van der Waals surface area (Å²) in [5.74, 6) is 0.783. The van der Waals surface area contributed by atoms with Crippen LogP contribution in [0.5, 0.6) is 5.75 Å². The first kappa shape index (κ1) is 10.9. The van der Waals surface area contributed by atoms with Crippen LogP contribution in [0.1, 0.15) is 5.56 Å². The van der Waals surface area contributed by atoms with Crippen LogP contribution in [0.2, 0.25) is 0 Å². The molecule has 0 fully saturated rings. The fourth-order valence-corrected chi connectivity index (χ4v) is 2.70. The Bertz CT molecular complexity index is 499. The van der Waals surface area contributed by atoms with Crippen molar-refractivity contribution >= 4 is 42.8 Å². The Hall–Kier alpha value is -0.610. The third-order valence-electron chi connectivity index (χ3n) is 2.20. The van der Waals surface area contributed by atoms with E-state index in [0.29, 0.717) is 0 Å². The van der Waals surface area contributed by atoms with Gasteiger partial charge in [0.1, 0.15) is 5.75 Å². The van der Waals surface area contributed by atoms with Gasteiger partial charge in [0.25, 0.3) is 0 Å². The van der Waals surface area contributed by atoms with E-state index in [1.165, 1.54) is 5.56 Å². The molecule has 0 aliphatic rings. The fraction of sp³-hybridized carbons (Fsp3) is 0.182. The first-order chi connectivity index (χ1) is 7.24. The molecule has 15 heavy (non-hydrogen) atoms. The van der Waals surface area contributed by atoms with Crippen molar-refractivity contribution < 1.29 is 4.74 Å². The van der Waals surface area contributed by atoms with E-state index in [4.69, 9.17) is 4.74 Å². The maximum atomic E-state index is 5.14. The van der Waals surface area contributed by atoms with E-state index >= 15 is 0 Å². The minimum Gasteiger partial charge on any atom is -0.495 e. The second-order valence-corrected chi connectivity index (χ2v) is 4.56. The quantitative estimate of drug-likeness (QED) is 0.779. The molecule has 4 heteroatoms. The molecule has 1 aromatic heterocycles. The second-order valence-electron chi connectivity index (χ2n) is 3.15. The van der Waals surface area contributed by atoms with Gasteiger partial charge in [-0.25, -0.2) is 0 Å². The molecule has 0 saturated heterocycles. The molecule has 0 N–H and O–H groups in total. The standard InChI is InChI=1S/C11H9Br2NO/c1-15-9-3-7-2-8(5-12)10(13)4-11(7)14-6-9/h2-4,6H,5H2,1H3. The molecule has 0 saturated carbocycles. The molecule has 0 aliphatic heterocycles. The van der Waals surface area contributed by atoms with Crippen LogP contribution >= 0.6 is 31.9 Å². The molecule has 0 aliphatic carbocycles. The summed E-state index contributed by atoms with van der Waals surface area (Å²) in [7, 11) is 1.65. The number of ether oxygens (including phenoxy) is 1. The summed E-state index contributed by atoms with van der Waals surface area (Å²) in [5.41, 5.74) is 2.17. The van der Waals surface area contributed by atoms with Gasteiger partial charge in [0.05, 0.1) is 18.8 Å². The Morgan fingerprint density at radius 1 is 1.33 bits per heavy atom. The SMILES string of the molecule is COc1cnc2cc(Br)c(CBr)cc2c1. The predicted molar refractivity (Wildman–Crippen MR) is 68.6 cm³/mol. The number of hydrogen-bond donors (Lipinski definition) is 0. The lowest BCUT2D eigenvalue weighted by atomic mass is 10.1. The van der Waals surface area contributed by atoms with Gasteiger partial charge in [0, 0.05) is 15.2 Å². The average Bonchev–Trinajstić information content (AvgIpc) is 2.27. The van der Waals surface area contributed by atoms with Crippen LogP contribution in [0.3, 0.4) is 0 Å². The molecule has 0 unspecified atom stereocenters. The van der Waals surface area contributed by atoms with Crippen molar-refractivity contribution in [1.82, 2.24) is 4.98 Å². The summed E-state index contributed by atoms with van der Waals surface area (Å²) >= 11 is 6.96. The van der Waals surface area contributed by atoms with Crippen LogP contribution in [-0.4, -0.2) is 12.1 Å². The number of rotatable bonds is 2. The molecule has 2 aromatic rings. The Morgan fingerprint density at radius 3 is 2.80 bits per heavy atom. The molecular formula is C11H9Br2NO. The third kappa shape index (κ3) is 2.16. The van der Waals surface area contributed by atoms with Gasteiger partial charge < -0.3 is 4.74 Å². The molecule has 2 nitrogen and oxygen atoms in total. The number of methoxy groups -OCH3 is 1. The maximum Gasteiger partial charge on any atom is 0.137 e. The topological polar surface area (TPSA) is 22.1 Å². The number of nitrogens with zero attached hydrogens (tertiary/aromatic N) is 1. The number of benzene rings is 1. The van der Waals surface area contributed by atoms with Crippen molar-refractivity contribution in [3.63, 3.8) is 0 Å². The van der Waals surface area contributed by atoms with Gasteiger partial charge in [0.15, 0.2) is 0 Å². The first-order valence-electron chi connectivity index (χ1n) is 4.42. The summed E-state index contributed by atoms with van der Waals surface area (Å²) in [6, 6.07) is 6.11. The van der Waals surface area contributed by atoms with Crippen LogP contribution in [-0.2, 0) is 5.33 Å². The summed E-state index contributed by atoms with van der Waals surface area (Å²) in [6.07, 6.45) is 1.72. The van der Waals surface area contributed by atoms with Crippen LogP contribution in [0, 0.1) is 0 Å². The number of fused-ring (bicyclic) bond motifs is 1. The van der Waals surface area contributed by atoms with Gasteiger partial charge in [-0.05, 0) is 23.8 Å². The van der Waals surface area contributed by atoms with Crippen LogP contribution in [0.25, 0.3) is 10.9 Å². The van der Waals surface area contributed by atoms with E-state index in [9.17, 15) is 0 Å². The number of alkyl halides is 1. The minimum atomic E-state index is 0.783. The van der Waals surface area contributed by atoms with Gasteiger partial charge in [-0.1, -0.05) is 31.9 Å². The molecule has 0 spiro atoms. The summed E-state index contributed by atoms with van der Waals surface area (Å²) in [6.45, 7) is 0. The molecule has 0 amide bonds. The van der Waals surface area contributed by atoms with E-state index in [-0.39, 0.29) is 0 Å². The number of hydrogen-bond acceptors (Lipinski definition) is 2. The van der Waals surface area contributed by atoms with E-state index in [2.05, 4.69) is 42.9 Å². The largest absolute Gasteiger partial charge is 0.495 e. The molecule has 0 radical (unpaired) electrons. The van der Waals surface area contributed by atoms with Gasteiger partial charge >= 0.3 is 0 Å². The third-order valence-corrected chi connectivity index (χ3v) is 3.55. The smallest absolute Gasteiger partial charge is 0.137 e. The first-order valence-corrected chi connectivity index (χ1v) is 6.34. The lowest BCUT2D eigenvalue weighted by Gasteiger charge is -2.05. The zero-order chi connectivity index (χ0) is 10.8. The molecule has 0 atom stereocenters. The van der Waals surface area contributed by atoms with Gasteiger partial charge in [-0.15, -0.1) is 0 Å². The monoisotopic (exact) mass is 329 g/mol. The predicted octanol–water partition coefficient (Wildman–Crippen LogP) is 3.90. The number of aromatic nitrogens is 1. The van der Waals surface area contributed by atoms with Crippen LogP contribution in [0.4, 0.5) is 0 Å². The van der Waals surface area contributed by atoms with Crippen LogP contribution in [0.15, 0.2) is 28.9 Å². The van der Waals surface area contributed by atoms with E-state index in [0.717, 1.165) is 26.5 Å². The van der Waals surface area contributed by atoms with Gasteiger partial charge in [0.2, 0.25) is 0 Å². The van der Waals surface area contributed by atoms with Crippen molar-refractivity contribution in [2.75, 3.05) is 7.11 Å². The summed E-state index contributed by atoms with van der Waals surface area (Å²) in [4.78, 5) is 4.32. The van der Waals surface area contributed by atoms with Crippen molar-refractivity contribution in [3.05, 3.63) is 34.4 Å². The lowest BCUT2D eigenvalue weighted by molar-refractivity contribution is 0.414. The summed E-state index contributed by atoms with van der Waals surface area (Å²) in [5, 5.41) is 1.91. The van der Waals surface area contributed by atoms with Crippen molar-refractivity contribution in [2.45, 2.75) is 5.33 Å². The second kappa shape index (κ2) is 4.49. The molecular weight excluding hydrogens is 322 g/mol. The lowest BCUT2D eigenvalue weighted by Crippen LogP contribution is -1.88. The molecule has 0 bridgehead atoms. The zero-order valence-corrected chi connectivity index (χ0v) is 11.3. The molecule has 2 rings (SSSR count). The normalized spacial score (nSPS) is 10.6. The van der Waals surface area contributed by atoms with Crippen LogP contribution < -0.4 is 4.74 Å². The highest BCUT2D eigenvalue weighted by Gasteiger charge is 2.03. The minimum absolute atomic E-state index is 0.783. The Morgan fingerprint density at radius 2 is 2.13 bits per heavy atom. The Kier molecular flexibility index (Phi) is 3.26. The highest BCUT2D eigenvalue weighted by Crippen LogP contribution is 2.26. The van der Waals surface area contributed by atoms with Gasteiger partial charge in [-0.2, -0.15) is 0 Å². The average molecular weight is 331 g/mol. The van der Waals surface area contributed by atoms with Crippen molar-refractivity contribution in [1.29, 1.82) is 0 Å². The Labute approximate surface area is 105 Å². The fourth-order valence-electron chi connectivity index (χ4n) is 1.39. The van der Waals surface area contributed by atoms with Crippen molar-refractivity contribution in [2.24, 2.45) is 0 Å². The molecule has 1 heterocycles. The number of halogens is 2. The number of pyridine rings is 1. The summed E-state index contributed by atoms with van der Waals surface area (Å²) < 4.78 is 6.21. The molecule has 78 valence electrons. The highest BCUT2D eigenvalue weighted by molar-refractivity contribution is 9.10. The molecule has 1 aromatic carbocycles. The maximum absolute atomic E-state index is 5.14. The van der Waals surface area contributed by atoms with Gasteiger partial charge in [-0.3, -0.25) is 4.98 Å². The van der Waals surface area contributed by atoms with Crippen molar-refractivity contribution in [3.8, 4) is 5.75 Å². The van der Waals surface area contributed by atoms with E-state index in [1.807, 2.05) is 12.1 Å². The van der Waals surface area contributed by atoms with E-state index in [1.54, 1.807) is 13.3 Å².